The summed E-state index contributed by atoms with van der Waals surface area (Å²) in [6.07, 6.45) is 4.61. The van der Waals surface area contributed by atoms with Crippen LogP contribution in [0.15, 0.2) is 5.10 Å². The van der Waals surface area contributed by atoms with Gasteiger partial charge in [0, 0.05) is 17.5 Å². The van der Waals surface area contributed by atoms with Crippen molar-refractivity contribution < 1.29 is 4.79 Å². The topological polar surface area (TPSA) is 41.5 Å². The molecule has 0 saturated heterocycles. The van der Waals surface area contributed by atoms with Gasteiger partial charge in [0.2, 0.25) is 5.91 Å². The molecule has 1 amide bonds. The number of carbonyl (C=O) groups excluding carboxylic acids is 1. The zero-order valence-electron chi connectivity index (χ0n) is 10.5. The second kappa shape index (κ2) is 4.56. The van der Waals surface area contributed by atoms with Gasteiger partial charge in [0.1, 0.15) is 0 Å². The molecule has 2 rings (SSSR count). The lowest BCUT2D eigenvalue weighted by molar-refractivity contribution is -0.126. The maximum Gasteiger partial charge on any atom is 0.243 e. The molecule has 3 unspecified atom stereocenters. The molecule has 1 saturated carbocycles. The summed E-state index contributed by atoms with van der Waals surface area (Å²) >= 11 is 0. The molecular formula is C13H22N2O. The van der Waals surface area contributed by atoms with Crippen LogP contribution in [0.4, 0.5) is 0 Å². The monoisotopic (exact) mass is 222 g/mol. The SMILES string of the molecule is CC1CCCC2C(=O)NN=C(C(C)C)C2C1. The highest BCUT2D eigenvalue weighted by Gasteiger charge is 2.38. The Morgan fingerprint density at radius 3 is 2.75 bits per heavy atom. The summed E-state index contributed by atoms with van der Waals surface area (Å²) in [4.78, 5) is 11.8. The molecule has 3 atom stereocenters. The Bertz CT molecular complexity index is 309. The molecule has 0 spiro atoms. The molecule has 1 aliphatic carbocycles. The smallest absolute Gasteiger partial charge is 0.243 e. The van der Waals surface area contributed by atoms with Crippen LogP contribution in [0.1, 0.15) is 46.5 Å². The molecule has 1 aliphatic heterocycles. The van der Waals surface area contributed by atoms with E-state index in [9.17, 15) is 4.79 Å². The van der Waals surface area contributed by atoms with Crippen LogP contribution in [0.25, 0.3) is 0 Å². The predicted molar refractivity (Wildman–Crippen MR) is 65.0 cm³/mol. The second-order valence-electron chi connectivity index (χ2n) is 5.65. The highest BCUT2D eigenvalue weighted by atomic mass is 16.2. The van der Waals surface area contributed by atoms with E-state index in [1.165, 1.54) is 18.6 Å². The van der Waals surface area contributed by atoms with Gasteiger partial charge in [-0.2, -0.15) is 5.10 Å². The van der Waals surface area contributed by atoms with E-state index in [1.807, 2.05) is 0 Å². The Kier molecular flexibility index (Phi) is 3.31. The fraction of sp³-hybridized carbons (Fsp3) is 0.846. The largest absolute Gasteiger partial charge is 0.273 e. The van der Waals surface area contributed by atoms with Crippen LogP contribution in [0.2, 0.25) is 0 Å². The molecule has 0 bridgehead atoms. The zero-order chi connectivity index (χ0) is 11.7. The lowest BCUT2D eigenvalue weighted by atomic mass is 9.78. The summed E-state index contributed by atoms with van der Waals surface area (Å²) in [6.45, 7) is 6.64. The number of hydrazone groups is 1. The van der Waals surface area contributed by atoms with E-state index in [4.69, 9.17) is 0 Å². The minimum Gasteiger partial charge on any atom is -0.273 e. The number of rotatable bonds is 1. The van der Waals surface area contributed by atoms with Gasteiger partial charge in [-0.25, -0.2) is 5.43 Å². The van der Waals surface area contributed by atoms with E-state index in [0.29, 0.717) is 11.8 Å². The van der Waals surface area contributed by atoms with E-state index >= 15 is 0 Å². The summed E-state index contributed by atoms with van der Waals surface area (Å²) in [5.41, 5.74) is 3.91. The van der Waals surface area contributed by atoms with Gasteiger partial charge >= 0.3 is 0 Å². The average molecular weight is 222 g/mol. The maximum absolute atomic E-state index is 11.8. The van der Waals surface area contributed by atoms with Gasteiger partial charge < -0.3 is 0 Å². The molecule has 1 N–H and O–H groups in total. The van der Waals surface area contributed by atoms with E-state index in [1.54, 1.807) is 0 Å². The summed E-state index contributed by atoms with van der Waals surface area (Å²) in [5, 5.41) is 4.29. The van der Waals surface area contributed by atoms with Gasteiger partial charge in [-0.05, 0) is 24.7 Å². The molecule has 3 nitrogen and oxygen atoms in total. The molecule has 0 aromatic carbocycles. The molecular weight excluding hydrogens is 200 g/mol. The number of nitrogens with one attached hydrogen (secondary N) is 1. The van der Waals surface area contributed by atoms with Crippen LogP contribution >= 0.6 is 0 Å². The van der Waals surface area contributed by atoms with Crippen molar-refractivity contribution in [1.82, 2.24) is 5.43 Å². The van der Waals surface area contributed by atoms with Gasteiger partial charge in [-0.3, -0.25) is 4.79 Å². The van der Waals surface area contributed by atoms with Crippen LogP contribution in [0.3, 0.4) is 0 Å². The van der Waals surface area contributed by atoms with Crippen LogP contribution in [0, 0.1) is 23.7 Å². The number of nitrogens with zero attached hydrogens (tertiary/aromatic N) is 1. The predicted octanol–water partition coefficient (Wildman–Crippen LogP) is 2.57. The van der Waals surface area contributed by atoms with Crippen molar-refractivity contribution in [1.29, 1.82) is 0 Å². The molecule has 3 heteroatoms. The Morgan fingerprint density at radius 2 is 2.06 bits per heavy atom. The number of hydrogen-bond donors (Lipinski definition) is 1. The van der Waals surface area contributed by atoms with Gasteiger partial charge in [-0.1, -0.05) is 33.6 Å². The van der Waals surface area contributed by atoms with Crippen molar-refractivity contribution in [3.8, 4) is 0 Å². The normalized spacial score (nSPS) is 35.1. The first-order valence-electron chi connectivity index (χ1n) is 6.47. The minimum absolute atomic E-state index is 0.142. The molecule has 0 radical (unpaired) electrons. The lowest BCUT2D eigenvalue weighted by Gasteiger charge is -2.31. The first-order chi connectivity index (χ1) is 7.59. The van der Waals surface area contributed by atoms with Crippen molar-refractivity contribution in [3.05, 3.63) is 0 Å². The quantitative estimate of drug-likeness (QED) is 0.728. The molecule has 90 valence electrons. The van der Waals surface area contributed by atoms with E-state index in [-0.39, 0.29) is 11.8 Å². The minimum atomic E-state index is 0.142. The third-order valence-corrected chi connectivity index (χ3v) is 3.96. The Labute approximate surface area is 97.7 Å². The standard InChI is InChI=1S/C13H22N2O/c1-8(2)12-11-7-9(3)5-4-6-10(11)13(16)15-14-12/h8-11H,4-7H2,1-3H3,(H,15,16). The third-order valence-electron chi connectivity index (χ3n) is 3.96. The molecule has 1 fully saturated rings. The first-order valence-corrected chi connectivity index (χ1v) is 6.47. The third kappa shape index (κ3) is 2.13. The number of carbonyl (C=O) groups is 1. The van der Waals surface area contributed by atoms with Gasteiger partial charge in [0.15, 0.2) is 0 Å². The van der Waals surface area contributed by atoms with Crippen molar-refractivity contribution in [2.75, 3.05) is 0 Å². The second-order valence-corrected chi connectivity index (χ2v) is 5.65. The summed E-state index contributed by atoms with van der Waals surface area (Å²) in [6, 6.07) is 0. The van der Waals surface area contributed by atoms with Crippen LogP contribution in [-0.2, 0) is 4.79 Å². The Morgan fingerprint density at radius 1 is 1.31 bits per heavy atom. The first kappa shape index (κ1) is 11.6. The summed E-state index contributed by atoms with van der Waals surface area (Å²) in [7, 11) is 0. The number of amides is 1. The van der Waals surface area contributed by atoms with Gasteiger partial charge in [0.05, 0.1) is 0 Å². The van der Waals surface area contributed by atoms with Crippen molar-refractivity contribution in [3.63, 3.8) is 0 Å². The van der Waals surface area contributed by atoms with E-state index in [2.05, 4.69) is 31.3 Å². The molecule has 1 heterocycles. The van der Waals surface area contributed by atoms with E-state index in [0.717, 1.165) is 18.8 Å². The fourth-order valence-electron chi connectivity index (χ4n) is 3.09. The van der Waals surface area contributed by atoms with Crippen LogP contribution in [0.5, 0.6) is 0 Å². The Hall–Kier alpha value is -0.860. The zero-order valence-corrected chi connectivity index (χ0v) is 10.5. The van der Waals surface area contributed by atoms with Crippen molar-refractivity contribution in [2.24, 2.45) is 28.8 Å². The van der Waals surface area contributed by atoms with E-state index < -0.39 is 0 Å². The number of fused-ring (bicyclic) bond motifs is 1. The van der Waals surface area contributed by atoms with Gasteiger partial charge in [0.25, 0.3) is 0 Å². The lowest BCUT2D eigenvalue weighted by Crippen LogP contribution is -2.43. The molecule has 16 heavy (non-hydrogen) atoms. The van der Waals surface area contributed by atoms with Crippen LogP contribution < -0.4 is 5.43 Å². The maximum atomic E-state index is 11.8. The highest BCUT2D eigenvalue weighted by Crippen LogP contribution is 2.36. The molecule has 0 aromatic rings. The van der Waals surface area contributed by atoms with Crippen molar-refractivity contribution >= 4 is 11.6 Å². The highest BCUT2D eigenvalue weighted by molar-refractivity contribution is 5.96. The summed E-state index contributed by atoms with van der Waals surface area (Å²) < 4.78 is 0. The number of hydrogen-bond acceptors (Lipinski definition) is 2. The van der Waals surface area contributed by atoms with Crippen molar-refractivity contribution in [2.45, 2.75) is 46.5 Å². The molecule has 2 aliphatic rings. The van der Waals surface area contributed by atoms with Crippen LogP contribution in [-0.4, -0.2) is 11.6 Å². The molecule has 0 aromatic heterocycles. The van der Waals surface area contributed by atoms with Gasteiger partial charge in [-0.15, -0.1) is 0 Å². The average Bonchev–Trinajstić information content (AvgIpc) is 2.40. The fourth-order valence-corrected chi connectivity index (χ4v) is 3.09. The Balaban J connectivity index is 2.26. The summed E-state index contributed by atoms with van der Waals surface area (Å²) in [5.74, 6) is 1.89.